The van der Waals surface area contributed by atoms with E-state index in [1.54, 1.807) is 21.9 Å². The Bertz CT molecular complexity index is 940. The summed E-state index contributed by atoms with van der Waals surface area (Å²) in [5, 5.41) is 2.89. The Labute approximate surface area is 175 Å². The van der Waals surface area contributed by atoms with Crippen LogP contribution in [0, 0.1) is 5.92 Å². The first-order valence-corrected chi connectivity index (χ1v) is 10.3. The van der Waals surface area contributed by atoms with Gasteiger partial charge in [0.15, 0.2) is 0 Å². The molecule has 0 spiro atoms. The molecule has 2 saturated heterocycles. The molecule has 2 aliphatic rings. The van der Waals surface area contributed by atoms with E-state index in [2.05, 4.69) is 5.32 Å². The Morgan fingerprint density at radius 3 is 2.30 bits per heavy atom. The highest BCUT2D eigenvalue weighted by Crippen LogP contribution is 2.28. The van der Waals surface area contributed by atoms with Crippen molar-refractivity contribution >= 4 is 34.8 Å². The number of hydrogen-bond donors (Lipinski definition) is 1. The van der Waals surface area contributed by atoms with Crippen LogP contribution in [0.2, 0.25) is 0 Å². The Morgan fingerprint density at radius 2 is 1.67 bits per heavy atom. The van der Waals surface area contributed by atoms with Crippen LogP contribution >= 0.6 is 0 Å². The van der Waals surface area contributed by atoms with Gasteiger partial charge in [-0.1, -0.05) is 0 Å². The number of nitrogens with one attached hydrogen (secondary N) is 1. The molecule has 0 bridgehead atoms. The van der Waals surface area contributed by atoms with Crippen molar-refractivity contribution in [3.63, 3.8) is 0 Å². The summed E-state index contributed by atoms with van der Waals surface area (Å²) in [6, 6.07) is 14.6. The van der Waals surface area contributed by atoms with Gasteiger partial charge in [0.1, 0.15) is 5.75 Å². The molecule has 0 saturated carbocycles. The number of benzene rings is 2. The highest BCUT2D eigenvalue weighted by atomic mass is 16.5. The molecule has 3 amide bonds. The first-order valence-electron chi connectivity index (χ1n) is 10.3. The lowest BCUT2D eigenvalue weighted by atomic mass is 10.1. The third-order valence-corrected chi connectivity index (χ3v) is 5.48. The van der Waals surface area contributed by atoms with Crippen LogP contribution in [0.4, 0.5) is 17.1 Å². The van der Waals surface area contributed by atoms with E-state index >= 15 is 0 Å². The highest BCUT2D eigenvalue weighted by Gasteiger charge is 2.35. The first kappa shape index (κ1) is 19.9. The summed E-state index contributed by atoms with van der Waals surface area (Å²) in [7, 11) is 0. The fraction of sp³-hybridized carbons (Fsp3) is 0.348. The van der Waals surface area contributed by atoms with Crippen molar-refractivity contribution in [2.75, 3.05) is 34.8 Å². The highest BCUT2D eigenvalue weighted by molar-refractivity contribution is 6.03. The molecule has 0 unspecified atom stereocenters. The van der Waals surface area contributed by atoms with Crippen LogP contribution < -0.4 is 19.9 Å². The van der Waals surface area contributed by atoms with Gasteiger partial charge in [0.25, 0.3) is 0 Å². The monoisotopic (exact) mass is 407 g/mol. The second-order valence-corrected chi connectivity index (χ2v) is 7.52. The number of carbonyl (C=O) groups is 3. The van der Waals surface area contributed by atoms with E-state index in [1.165, 1.54) is 0 Å². The van der Waals surface area contributed by atoms with Crippen molar-refractivity contribution in [3.8, 4) is 5.75 Å². The summed E-state index contributed by atoms with van der Waals surface area (Å²) in [4.78, 5) is 40.4. The molecular formula is C23H25N3O4. The average molecular weight is 407 g/mol. The zero-order valence-electron chi connectivity index (χ0n) is 17.0. The quantitative estimate of drug-likeness (QED) is 0.798. The van der Waals surface area contributed by atoms with Gasteiger partial charge in [-0.15, -0.1) is 0 Å². The fourth-order valence-electron chi connectivity index (χ4n) is 3.91. The van der Waals surface area contributed by atoms with Crippen molar-refractivity contribution in [2.45, 2.75) is 26.2 Å². The predicted octanol–water partition coefficient (Wildman–Crippen LogP) is 3.20. The molecule has 4 rings (SSSR count). The van der Waals surface area contributed by atoms with Gasteiger partial charge in [-0.2, -0.15) is 0 Å². The standard InChI is InChI=1S/C23H25N3O4/c1-2-30-20-11-9-19(10-12-20)26-15-16(14-22(26)28)23(29)24-17-5-7-18(8-6-17)25-13-3-4-21(25)27/h5-12,16H,2-4,13-15H2,1H3,(H,24,29)/t16-/m0/s1. The molecule has 0 aliphatic carbocycles. The molecule has 0 radical (unpaired) electrons. The van der Waals surface area contributed by atoms with Crippen LogP contribution in [0.5, 0.6) is 5.75 Å². The number of anilines is 3. The van der Waals surface area contributed by atoms with Gasteiger partial charge in [0.05, 0.1) is 12.5 Å². The zero-order chi connectivity index (χ0) is 21.1. The van der Waals surface area contributed by atoms with Crippen molar-refractivity contribution in [1.82, 2.24) is 0 Å². The molecule has 1 atom stereocenters. The minimum absolute atomic E-state index is 0.0674. The number of nitrogens with zero attached hydrogens (tertiary/aromatic N) is 2. The lowest BCUT2D eigenvalue weighted by Gasteiger charge is -2.18. The summed E-state index contributed by atoms with van der Waals surface area (Å²) in [6.07, 6.45) is 1.64. The molecule has 2 aliphatic heterocycles. The molecule has 156 valence electrons. The third kappa shape index (κ3) is 4.15. The molecule has 2 aromatic carbocycles. The molecule has 2 heterocycles. The maximum atomic E-state index is 12.7. The number of rotatable bonds is 6. The number of amides is 3. The lowest BCUT2D eigenvalue weighted by molar-refractivity contribution is -0.122. The molecule has 1 N–H and O–H groups in total. The van der Waals surface area contributed by atoms with Gasteiger partial charge in [-0.05, 0) is 61.9 Å². The summed E-state index contributed by atoms with van der Waals surface area (Å²) in [6.45, 7) is 3.58. The summed E-state index contributed by atoms with van der Waals surface area (Å²) in [5.41, 5.74) is 2.26. The van der Waals surface area contributed by atoms with Crippen LogP contribution in [0.15, 0.2) is 48.5 Å². The molecule has 2 fully saturated rings. The van der Waals surface area contributed by atoms with Crippen molar-refractivity contribution in [3.05, 3.63) is 48.5 Å². The van der Waals surface area contributed by atoms with Gasteiger partial charge in [-0.25, -0.2) is 0 Å². The molecule has 2 aromatic rings. The number of ether oxygens (including phenoxy) is 1. The van der Waals surface area contributed by atoms with Crippen LogP contribution in [0.25, 0.3) is 0 Å². The normalized spacial score (nSPS) is 18.8. The maximum Gasteiger partial charge on any atom is 0.229 e. The fourth-order valence-corrected chi connectivity index (χ4v) is 3.91. The van der Waals surface area contributed by atoms with Gasteiger partial charge in [-0.3, -0.25) is 14.4 Å². The Balaban J connectivity index is 1.37. The summed E-state index contributed by atoms with van der Waals surface area (Å²) < 4.78 is 5.43. The largest absolute Gasteiger partial charge is 0.494 e. The second-order valence-electron chi connectivity index (χ2n) is 7.52. The second kappa shape index (κ2) is 8.57. The number of carbonyl (C=O) groups excluding carboxylic acids is 3. The Kier molecular flexibility index (Phi) is 5.70. The molecule has 7 nitrogen and oxygen atoms in total. The smallest absolute Gasteiger partial charge is 0.229 e. The van der Waals surface area contributed by atoms with E-state index in [0.29, 0.717) is 25.3 Å². The van der Waals surface area contributed by atoms with E-state index in [-0.39, 0.29) is 24.1 Å². The Hall–Kier alpha value is -3.35. The van der Waals surface area contributed by atoms with E-state index in [1.807, 2.05) is 43.3 Å². The van der Waals surface area contributed by atoms with Gasteiger partial charge in [0, 0.05) is 43.0 Å². The first-order chi connectivity index (χ1) is 14.5. The lowest BCUT2D eigenvalue weighted by Crippen LogP contribution is -2.28. The summed E-state index contributed by atoms with van der Waals surface area (Å²) >= 11 is 0. The average Bonchev–Trinajstić information content (AvgIpc) is 3.35. The van der Waals surface area contributed by atoms with E-state index in [4.69, 9.17) is 4.74 Å². The van der Waals surface area contributed by atoms with Crippen molar-refractivity contribution in [1.29, 1.82) is 0 Å². The SMILES string of the molecule is CCOc1ccc(N2C[C@@H](C(=O)Nc3ccc(N4CCCC4=O)cc3)CC2=O)cc1. The summed E-state index contributed by atoms with van der Waals surface area (Å²) in [5.74, 6) is 0.222. The molecular weight excluding hydrogens is 382 g/mol. The zero-order valence-corrected chi connectivity index (χ0v) is 17.0. The Morgan fingerprint density at radius 1 is 1.00 bits per heavy atom. The topological polar surface area (TPSA) is 79.0 Å². The molecule has 30 heavy (non-hydrogen) atoms. The van der Waals surface area contributed by atoms with Crippen molar-refractivity contribution < 1.29 is 19.1 Å². The van der Waals surface area contributed by atoms with E-state index in [9.17, 15) is 14.4 Å². The molecule has 7 heteroatoms. The van der Waals surface area contributed by atoms with Crippen molar-refractivity contribution in [2.24, 2.45) is 5.92 Å². The van der Waals surface area contributed by atoms with E-state index in [0.717, 1.165) is 30.1 Å². The van der Waals surface area contributed by atoms with Gasteiger partial charge < -0.3 is 19.9 Å². The van der Waals surface area contributed by atoms with Gasteiger partial charge >= 0.3 is 0 Å². The molecule has 0 aromatic heterocycles. The predicted molar refractivity (Wildman–Crippen MR) is 115 cm³/mol. The number of hydrogen-bond acceptors (Lipinski definition) is 4. The third-order valence-electron chi connectivity index (χ3n) is 5.48. The minimum Gasteiger partial charge on any atom is -0.494 e. The van der Waals surface area contributed by atoms with Gasteiger partial charge in [0.2, 0.25) is 17.7 Å². The van der Waals surface area contributed by atoms with E-state index < -0.39 is 5.92 Å². The van der Waals surface area contributed by atoms with Crippen LogP contribution in [-0.4, -0.2) is 37.4 Å². The minimum atomic E-state index is -0.413. The van der Waals surface area contributed by atoms with Crippen LogP contribution in [-0.2, 0) is 14.4 Å². The van der Waals surface area contributed by atoms with Crippen LogP contribution in [0.3, 0.4) is 0 Å². The van der Waals surface area contributed by atoms with Crippen LogP contribution in [0.1, 0.15) is 26.2 Å². The maximum absolute atomic E-state index is 12.7.